The van der Waals surface area contributed by atoms with E-state index in [0.717, 1.165) is 11.6 Å². The number of nitrogens with zero attached hydrogens (tertiary/aromatic N) is 1. The molecule has 3 aromatic rings. The van der Waals surface area contributed by atoms with Crippen LogP contribution in [0.3, 0.4) is 0 Å². The minimum Gasteiger partial charge on any atom is -0.355 e. The van der Waals surface area contributed by atoms with Crippen LogP contribution in [-0.2, 0) is 21.4 Å². The molecule has 3 heterocycles. The van der Waals surface area contributed by atoms with Crippen molar-refractivity contribution in [2.45, 2.75) is 36.9 Å². The number of halogens is 2. The predicted octanol–water partition coefficient (Wildman–Crippen LogP) is 2.43. The molecule has 2 aliphatic rings. The quantitative estimate of drug-likeness (QED) is 0.436. The van der Waals surface area contributed by atoms with Crippen LogP contribution in [0.25, 0.3) is 0 Å². The molecule has 0 unspecified atom stereocenters. The van der Waals surface area contributed by atoms with Crippen LogP contribution >= 0.6 is 0 Å². The smallest absolute Gasteiger partial charge is 0.271 e. The zero-order valence-corrected chi connectivity index (χ0v) is 19.3. The SMILES string of the molecule is N[C@@H]1C[C@]2(CC(=O)Nc3ccccc32)CN1C(=O)[C@H](Cc1cccc(F)c1)NC(=O)c1[nH]ccc1F. The Balaban J connectivity index is 1.44. The normalized spacial score (nSPS) is 21.7. The minimum absolute atomic E-state index is 0.0298. The maximum atomic E-state index is 14.0. The molecule has 186 valence electrons. The number of anilines is 1. The Labute approximate surface area is 205 Å². The number of fused-ring (bicyclic) bond motifs is 2. The van der Waals surface area contributed by atoms with Crippen molar-refractivity contribution < 1.29 is 23.2 Å². The van der Waals surface area contributed by atoms with Crippen LogP contribution in [0.5, 0.6) is 0 Å². The third-order valence-corrected chi connectivity index (χ3v) is 6.88. The van der Waals surface area contributed by atoms with Gasteiger partial charge in [0, 0.05) is 36.7 Å². The number of carbonyl (C=O) groups excluding carboxylic acids is 3. The average molecular weight is 494 g/mol. The highest BCUT2D eigenvalue weighted by Gasteiger charge is 2.50. The molecule has 8 nitrogen and oxygen atoms in total. The fourth-order valence-corrected chi connectivity index (χ4v) is 5.29. The Morgan fingerprint density at radius 1 is 1.17 bits per heavy atom. The zero-order chi connectivity index (χ0) is 25.4. The Hall–Kier alpha value is -4.05. The van der Waals surface area contributed by atoms with Gasteiger partial charge in [-0.1, -0.05) is 30.3 Å². The van der Waals surface area contributed by atoms with E-state index in [-0.39, 0.29) is 31.0 Å². The lowest BCUT2D eigenvalue weighted by Gasteiger charge is -2.35. The van der Waals surface area contributed by atoms with Gasteiger partial charge in [0.25, 0.3) is 5.91 Å². The number of amides is 3. The van der Waals surface area contributed by atoms with Crippen LogP contribution in [0, 0.1) is 11.6 Å². The molecule has 3 atom stereocenters. The van der Waals surface area contributed by atoms with E-state index in [0.29, 0.717) is 17.7 Å². The molecule has 36 heavy (non-hydrogen) atoms. The van der Waals surface area contributed by atoms with Gasteiger partial charge in [-0.2, -0.15) is 0 Å². The maximum Gasteiger partial charge on any atom is 0.271 e. The highest BCUT2D eigenvalue weighted by Crippen LogP contribution is 2.45. The summed E-state index contributed by atoms with van der Waals surface area (Å²) in [6.07, 6.45) is 1.05. The lowest BCUT2D eigenvalue weighted by molar-refractivity contribution is -0.134. The average Bonchev–Trinajstić information content (AvgIpc) is 3.41. The van der Waals surface area contributed by atoms with E-state index in [2.05, 4.69) is 15.6 Å². The van der Waals surface area contributed by atoms with Crippen LogP contribution in [0.4, 0.5) is 14.5 Å². The number of nitrogens with two attached hydrogens (primary N) is 1. The molecule has 10 heteroatoms. The Bertz CT molecular complexity index is 1340. The number of aromatic amines is 1. The maximum absolute atomic E-state index is 14.0. The van der Waals surface area contributed by atoms with Crippen molar-refractivity contribution in [3.05, 3.63) is 89.2 Å². The van der Waals surface area contributed by atoms with Crippen LogP contribution in [0.15, 0.2) is 60.8 Å². The molecule has 0 radical (unpaired) electrons. The summed E-state index contributed by atoms with van der Waals surface area (Å²) >= 11 is 0. The molecule has 0 bridgehead atoms. The van der Waals surface area contributed by atoms with Gasteiger partial charge in [0.2, 0.25) is 11.8 Å². The number of nitrogens with one attached hydrogen (secondary N) is 3. The van der Waals surface area contributed by atoms with Gasteiger partial charge in [-0.15, -0.1) is 0 Å². The number of aromatic nitrogens is 1. The second kappa shape index (κ2) is 9.19. The molecule has 1 fully saturated rings. The molecule has 1 saturated heterocycles. The van der Waals surface area contributed by atoms with E-state index >= 15 is 0 Å². The molecular formula is C26H25F2N5O3. The monoisotopic (exact) mass is 493 g/mol. The summed E-state index contributed by atoms with van der Waals surface area (Å²) in [5, 5.41) is 5.45. The molecule has 0 saturated carbocycles. The first-order chi connectivity index (χ1) is 17.3. The van der Waals surface area contributed by atoms with E-state index in [1.54, 1.807) is 6.07 Å². The Morgan fingerprint density at radius 2 is 1.97 bits per heavy atom. The second-order valence-corrected chi connectivity index (χ2v) is 9.35. The van der Waals surface area contributed by atoms with Crippen molar-refractivity contribution in [3.63, 3.8) is 0 Å². The fraction of sp³-hybridized carbons (Fsp3) is 0.269. The molecule has 5 rings (SSSR count). The number of benzene rings is 2. The topological polar surface area (TPSA) is 120 Å². The molecule has 0 aliphatic carbocycles. The van der Waals surface area contributed by atoms with Crippen LogP contribution in [0.2, 0.25) is 0 Å². The standard InChI is InChI=1S/C26H25F2N5O3/c27-16-5-3-4-15(10-16)11-20(32-24(35)23-18(28)8-9-30-23)25(36)33-14-26(12-21(33)29)13-22(34)31-19-7-2-1-6-17(19)26/h1-10,20-21,30H,11-14,29H2,(H,31,34)(H,32,35)/t20-,21-,26-/m0/s1. The number of para-hydroxylation sites is 1. The molecule has 1 aromatic heterocycles. The number of carbonyl (C=O) groups is 3. The fourth-order valence-electron chi connectivity index (χ4n) is 5.29. The number of rotatable bonds is 5. The number of hydrogen-bond donors (Lipinski definition) is 4. The van der Waals surface area contributed by atoms with Crippen molar-refractivity contribution in [1.29, 1.82) is 0 Å². The Kier molecular flexibility index (Phi) is 6.05. The lowest BCUT2D eigenvalue weighted by Crippen LogP contribution is -2.53. The van der Waals surface area contributed by atoms with Crippen molar-refractivity contribution in [2.75, 3.05) is 11.9 Å². The van der Waals surface area contributed by atoms with Crippen LogP contribution in [0.1, 0.15) is 34.5 Å². The van der Waals surface area contributed by atoms with Gasteiger partial charge in [-0.3, -0.25) is 14.4 Å². The van der Waals surface area contributed by atoms with Gasteiger partial charge in [0.05, 0.1) is 6.17 Å². The van der Waals surface area contributed by atoms with Crippen molar-refractivity contribution >= 4 is 23.4 Å². The predicted molar refractivity (Wildman–Crippen MR) is 128 cm³/mol. The number of hydrogen-bond acceptors (Lipinski definition) is 4. The van der Waals surface area contributed by atoms with Crippen LogP contribution in [-0.4, -0.2) is 46.4 Å². The summed E-state index contributed by atoms with van der Waals surface area (Å²) in [6.45, 7) is 0.170. The first-order valence-electron chi connectivity index (χ1n) is 11.6. The summed E-state index contributed by atoms with van der Waals surface area (Å²) in [5.41, 5.74) is 7.50. The van der Waals surface area contributed by atoms with Gasteiger partial charge in [-0.05, 0) is 41.8 Å². The van der Waals surface area contributed by atoms with E-state index in [9.17, 15) is 23.2 Å². The van der Waals surface area contributed by atoms with Crippen LogP contribution < -0.4 is 16.4 Å². The van der Waals surface area contributed by atoms with Gasteiger partial charge >= 0.3 is 0 Å². The molecular weight excluding hydrogens is 468 g/mol. The summed E-state index contributed by atoms with van der Waals surface area (Å²) in [7, 11) is 0. The Morgan fingerprint density at radius 3 is 2.72 bits per heavy atom. The number of H-pyrrole nitrogens is 1. The third kappa shape index (κ3) is 4.35. The molecule has 3 amide bonds. The molecule has 5 N–H and O–H groups in total. The largest absolute Gasteiger partial charge is 0.355 e. The molecule has 2 aliphatic heterocycles. The lowest BCUT2D eigenvalue weighted by atomic mass is 9.73. The summed E-state index contributed by atoms with van der Waals surface area (Å²) in [4.78, 5) is 43.0. The zero-order valence-electron chi connectivity index (χ0n) is 19.3. The molecule has 2 aromatic carbocycles. The van der Waals surface area contributed by atoms with Crippen molar-refractivity contribution in [1.82, 2.24) is 15.2 Å². The van der Waals surface area contributed by atoms with Gasteiger partial charge < -0.3 is 26.3 Å². The summed E-state index contributed by atoms with van der Waals surface area (Å²) in [6, 6.07) is 13.1. The highest BCUT2D eigenvalue weighted by molar-refractivity contribution is 5.98. The number of likely N-dealkylation sites (tertiary alicyclic amines) is 1. The third-order valence-electron chi connectivity index (χ3n) is 6.88. The van der Waals surface area contributed by atoms with E-state index in [1.807, 2.05) is 24.3 Å². The summed E-state index contributed by atoms with van der Waals surface area (Å²) < 4.78 is 27.9. The van der Waals surface area contributed by atoms with Crippen molar-refractivity contribution in [2.24, 2.45) is 5.73 Å². The first kappa shape index (κ1) is 23.7. The first-order valence-corrected chi connectivity index (χ1v) is 11.6. The van der Waals surface area contributed by atoms with Gasteiger partial charge in [-0.25, -0.2) is 8.78 Å². The van der Waals surface area contributed by atoms with E-state index < -0.39 is 41.1 Å². The minimum atomic E-state index is -1.14. The molecule has 1 spiro atoms. The van der Waals surface area contributed by atoms with E-state index in [4.69, 9.17) is 5.73 Å². The van der Waals surface area contributed by atoms with Gasteiger partial charge in [0.1, 0.15) is 17.6 Å². The van der Waals surface area contributed by atoms with E-state index in [1.165, 1.54) is 29.3 Å². The van der Waals surface area contributed by atoms with Crippen molar-refractivity contribution in [3.8, 4) is 0 Å². The van der Waals surface area contributed by atoms with Gasteiger partial charge in [0.15, 0.2) is 5.82 Å². The second-order valence-electron chi connectivity index (χ2n) is 9.35. The summed E-state index contributed by atoms with van der Waals surface area (Å²) in [5.74, 6) is -2.71. The highest BCUT2D eigenvalue weighted by atomic mass is 19.1.